The van der Waals surface area contributed by atoms with Gasteiger partial charge in [-0.3, -0.25) is 5.43 Å². The lowest BCUT2D eigenvalue weighted by Crippen LogP contribution is -2.52. The summed E-state index contributed by atoms with van der Waals surface area (Å²) < 4.78 is 10.4. The third-order valence-corrected chi connectivity index (χ3v) is 3.39. The lowest BCUT2D eigenvalue weighted by Gasteiger charge is -2.39. The van der Waals surface area contributed by atoms with E-state index in [1.54, 1.807) is 7.11 Å². The molecule has 1 fully saturated rings. The Morgan fingerprint density at radius 1 is 1.12 bits per heavy atom. The van der Waals surface area contributed by atoms with Gasteiger partial charge in [-0.1, -0.05) is 6.42 Å². The lowest BCUT2D eigenvalue weighted by molar-refractivity contribution is 0.0364. The van der Waals surface area contributed by atoms with Crippen LogP contribution in [0.2, 0.25) is 0 Å². The summed E-state index contributed by atoms with van der Waals surface area (Å²) in [6.07, 6.45) is 5.03. The average Bonchev–Trinajstić information content (AvgIpc) is 2.31. The molecule has 1 rings (SSSR count). The van der Waals surface area contributed by atoms with Crippen LogP contribution in [0.1, 0.15) is 39.5 Å². The maximum Gasteiger partial charge on any atom is 0.0700 e. The third-order valence-electron chi connectivity index (χ3n) is 3.39. The SMILES string of the molecule is COCCOCCCNN1C(C)CCCC1C. The van der Waals surface area contributed by atoms with Crippen molar-refractivity contribution in [2.75, 3.05) is 33.5 Å². The Morgan fingerprint density at radius 3 is 2.47 bits per heavy atom. The molecule has 0 radical (unpaired) electrons. The van der Waals surface area contributed by atoms with Crippen LogP contribution in [0.3, 0.4) is 0 Å². The molecule has 1 N–H and O–H groups in total. The van der Waals surface area contributed by atoms with Gasteiger partial charge in [0.1, 0.15) is 0 Å². The molecule has 0 amide bonds. The molecule has 0 aromatic carbocycles. The van der Waals surface area contributed by atoms with Crippen molar-refractivity contribution >= 4 is 0 Å². The summed E-state index contributed by atoms with van der Waals surface area (Å²) in [5, 5.41) is 2.42. The highest BCUT2D eigenvalue weighted by Gasteiger charge is 2.23. The average molecular weight is 244 g/mol. The molecule has 1 aliphatic heterocycles. The summed E-state index contributed by atoms with van der Waals surface area (Å²) in [4.78, 5) is 0. The second kappa shape index (κ2) is 8.86. The molecule has 2 atom stereocenters. The van der Waals surface area contributed by atoms with E-state index in [9.17, 15) is 0 Å². The number of ether oxygens (including phenoxy) is 2. The van der Waals surface area contributed by atoms with Gasteiger partial charge < -0.3 is 9.47 Å². The van der Waals surface area contributed by atoms with Gasteiger partial charge in [-0.25, -0.2) is 5.01 Å². The van der Waals surface area contributed by atoms with Gasteiger partial charge in [-0.15, -0.1) is 0 Å². The number of hydrogen-bond acceptors (Lipinski definition) is 4. The first-order valence-electron chi connectivity index (χ1n) is 6.84. The first-order chi connectivity index (χ1) is 8.25. The van der Waals surface area contributed by atoms with Gasteiger partial charge in [0.15, 0.2) is 0 Å². The number of hydrogen-bond donors (Lipinski definition) is 1. The molecule has 0 aromatic rings. The Balaban J connectivity index is 2.01. The molecular weight excluding hydrogens is 216 g/mol. The third kappa shape index (κ3) is 5.82. The number of hydrazine groups is 1. The summed E-state index contributed by atoms with van der Waals surface area (Å²) in [7, 11) is 1.70. The smallest absolute Gasteiger partial charge is 0.0700 e. The monoisotopic (exact) mass is 244 g/mol. The fourth-order valence-corrected chi connectivity index (χ4v) is 2.36. The minimum atomic E-state index is 0.660. The normalized spacial score (nSPS) is 26.3. The van der Waals surface area contributed by atoms with Crippen LogP contribution in [0.25, 0.3) is 0 Å². The molecule has 1 heterocycles. The van der Waals surface area contributed by atoms with E-state index in [0.717, 1.165) is 19.6 Å². The predicted molar refractivity (Wildman–Crippen MR) is 69.9 cm³/mol. The first kappa shape index (κ1) is 14.9. The number of rotatable bonds is 8. The van der Waals surface area contributed by atoms with Gasteiger partial charge in [-0.2, -0.15) is 0 Å². The van der Waals surface area contributed by atoms with Crippen molar-refractivity contribution in [3.8, 4) is 0 Å². The van der Waals surface area contributed by atoms with E-state index in [0.29, 0.717) is 25.3 Å². The number of nitrogens with zero attached hydrogens (tertiary/aromatic N) is 1. The van der Waals surface area contributed by atoms with Gasteiger partial charge >= 0.3 is 0 Å². The highest BCUT2D eigenvalue weighted by molar-refractivity contribution is 4.76. The van der Waals surface area contributed by atoms with Crippen LogP contribution in [0.5, 0.6) is 0 Å². The fourth-order valence-electron chi connectivity index (χ4n) is 2.36. The van der Waals surface area contributed by atoms with Crippen LogP contribution in [0, 0.1) is 0 Å². The minimum Gasteiger partial charge on any atom is -0.382 e. The van der Waals surface area contributed by atoms with Crippen molar-refractivity contribution in [1.29, 1.82) is 0 Å². The molecule has 4 nitrogen and oxygen atoms in total. The minimum absolute atomic E-state index is 0.660. The Kier molecular flexibility index (Phi) is 7.77. The van der Waals surface area contributed by atoms with Crippen LogP contribution in [-0.4, -0.2) is 50.6 Å². The zero-order valence-corrected chi connectivity index (χ0v) is 11.6. The van der Waals surface area contributed by atoms with Gasteiger partial charge in [0.25, 0.3) is 0 Å². The van der Waals surface area contributed by atoms with Crippen molar-refractivity contribution in [2.45, 2.75) is 51.6 Å². The van der Waals surface area contributed by atoms with E-state index in [1.165, 1.54) is 19.3 Å². The first-order valence-corrected chi connectivity index (χ1v) is 6.84. The zero-order chi connectivity index (χ0) is 12.5. The van der Waals surface area contributed by atoms with E-state index in [2.05, 4.69) is 24.3 Å². The van der Waals surface area contributed by atoms with Crippen LogP contribution in [0.15, 0.2) is 0 Å². The molecule has 0 bridgehead atoms. The number of piperidine rings is 1. The Hall–Kier alpha value is -0.160. The number of methoxy groups -OCH3 is 1. The highest BCUT2D eigenvalue weighted by Crippen LogP contribution is 2.19. The molecule has 4 heteroatoms. The summed E-state index contributed by atoms with van der Waals surface area (Å²) in [5.41, 5.74) is 3.53. The van der Waals surface area contributed by atoms with Gasteiger partial charge in [0, 0.05) is 32.3 Å². The molecule has 2 unspecified atom stereocenters. The fraction of sp³-hybridized carbons (Fsp3) is 1.00. The van der Waals surface area contributed by atoms with Crippen molar-refractivity contribution in [1.82, 2.24) is 10.4 Å². The second-order valence-electron chi connectivity index (χ2n) is 4.90. The van der Waals surface area contributed by atoms with E-state index < -0.39 is 0 Å². The maximum absolute atomic E-state index is 5.43. The van der Waals surface area contributed by atoms with Crippen molar-refractivity contribution in [3.05, 3.63) is 0 Å². The summed E-state index contributed by atoms with van der Waals surface area (Å²) in [6, 6.07) is 1.32. The molecule has 0 spiro atoms. The van der Waals surface area contributed by atoms with Crippen LogP contribution in [-0.2, 0) is 9.47 Å². The Bertz CT molecular complexity index is 180. The van der Waals surface area contributed by atoms with Crippen molar-refractivity contribution in [3.63, 3.8) is 0 Å². The van der Waals surface area contributed by atoms with Gasteiger partial charge in [0.2, 0.25) is 0 Å². The Morgan fingerprint density at radius 2 is 1.82 bits per heavy atom. The predicted octanol–water partition coefficient (Wildman–Crippen LogP) is 1.81. The van der Waals surface area contributed by atoms with Crippen LogP contribution < -0.4 is 5.43 Å². The van der Waals surface area contributed by atoms with E-state index in [-0.39, 0.29) is 0 Å². The van der Waals surface area contributed by atoms with Gasteiger partial charge in [-0.05, 0) is 33.1 Å². The van der Waals surface area contributed by atoms with Crippen LogP contribution in [0.4, 0.5) is 0 Å². The summed E-state index contributed by atoms with van der Waals surface area (Å²) >= 11 is 0. The molecule has 102 valence electrons. The van der Waals surface area contributed by atoms with Crippen molar-refractivity contribution in [2.24, 2.45) is 0 Å². The Labute approximate surface area is 106 Å². The topological polar surface area (TPSA) is 33.7 Å². The zero-order valence-electron chi connectivity index (χ0n) is 11.6. The quantitative estimate of drug-likeness (QED) is 0.660. The van der Waals surface area contributed by atoms with E-state index in [4.69, 9.17) is 9.47 Å². The molecule has 1 saturated heterocycles. The largest absolute Gasteiger partial charge is 0.382 e. The summed E-state index contributed by atoms with van der Waals surface area (Å²) in [6.45, 7) is 7.81. The second-order valence-corrected chi connectivity index (χ2v) is 4.90. The lowest BCUT2D eigenvalue weighted by atomic mass is 10.00. The summed E-state index contributed by atoms with van der Waals surface area (Å²) in [5.74, 6) is 0. The maximum atomic E-state index is 5.43. The van der Waals surface area contributed by atoms with Crippen LogP contribution >= 0.6 is 0 Å². The molecule has 17 heavy (non-hydrogen) atoms. The van der Waals surface area contributed by atoms with E-state index in [1.807, 2.05) is 0 Å². The number of nitrogens with one attached hydrogen (secondary N) is 1. The molecule has 0 saturated carbocycles. The molecule has 0 aromatic heterocycles. The van der Waals surface area contributed by atoms with Crippen molar-refractivity contribution < 1.29 is 9.47 Å². The molecule has 1 aliphatic rings. The molecular formula is C13H28N2O2. The van der Waals surface area contributed by atoms with Gasteiger partial charge in [0.05, 0.1) is 13.2 Å². The standard InChI is InChI=1S/C13H28N2O2/c1-12-6-4-7-13(2)15(12)14-8-5-9-17-11-10-16-3/h12-14H,4-11H2,1-3H3. The van der Waals surface area contributed by atoms with E-state index >= 15 is 0 Å². The molecule has 0 aliphatic carbocycles. The highest BCUT2D eigenvalue weighted by atomic mass is 16.5.